The molecule has 4 heteroatoms. The molecule has 0 unspecified atom stereocenters. The smallest absolute Gasteiger partial charge is 0.224 e. The topological polar surface area (TPSA) is 28.6 Å². The van der Waals surface area contributed by atoms with Gasteiger partial charge in [0.05, 0.1) is 0 Å². The molecule has 0 aliphatic carbocycles. The van der Waals surface area contributed by atoms with Crippen LogP contribution in [-0.2, 0) is 0 Å². The van der Waals surface area contributed by atoms with E-state index in [0.29, 0.717) is 5.41 Å². The van der Waals surface area contributed by atoms with Gasteiger partial charge >= 0.3 is 0 Å². The van der Waals surface area contributed by atoms with Crippen LogP contribution in [0.15, 0.2) is 18.2 Å². The minimum Gasteiger partial charge on any atom is -0.438 e. The van der Waals surface area contributed by atoms with E-state index >= 15 is 0 Å². The maximum atomic E-state index is 6.47. The Labute approximate surface area is 196 Å². The number of rotatable bonds is 8. The van der Waals surface area contributed by atoms with Gasteiger partial charge in [-0.05, 0) is 89.6 Å². The van der Waals surface area contributed by atoms with E-state index in [2.05, 4.69) is 83.4 Å². The van der Waals surface area contributed by atoms with Crippen molar-refractivity contribution >= 4 is 5.69 Å². The summed E-state index contributed by atoms with van der Waals surface area (Å²) in [6, 6.07) is 6.60. The Morgan fingerprint density at radius 3 is 2.16 bits per heavy atom. The fourth-order valence-corrected chi connectivity index (χ4v) is 4.64. The normalized spacial score (nSPS) is 14.8. The fourth-order valence-electron chi connectivity index (χ4n) is 4.64. The standard InChI is InChI=1S/C28H43N3O/c1-20-17-21(2)26(22(3)18-20)32-27-24(5)25(19-23(4)29-27)31(14-11-28(6,7)8)16-15-30-12-9-10-13-30/h17-19H,9-16H2,1-8H3. The number of aryl methyl sites for hydroxylation is 4. The number of aromatic nitrogens is 1. The lowest BCUT2D eigenvalue weighted by molar-refractivity contribution is 0.335. The summed E-state index contributed by atoms with van der Waals surface area (Å²) in [6.45, 7) is 23.3. The molecular formula is C28H43N3O. The highest BCUT2D eigenvalue weighted by atomic mass is 16.5. The summed E-state index contributed by atoms with van der Waals surface area (Å²) in [5, 5.41) is 0. The molecule has 1 saturated heterocycles. The third-order valence-electron chi connectivity index (χ3n) is 6.49. The molecule has 1 aliphatic rings. The molecule has 0 saturated carbocycles. The molecule has 1 fully saturated rings. The largest absolute Gasteiger partial charge is 0.438 e. The maximum absolute atomic E-state index is 6.47. The van der Waals surface area contributed by atoms with Gasteiger partial charge in [0.15, 0.2) is 0 Å². The zero-order chi connectivity index (χ0) is 23.5. The Morgan fingerprint density at radius 2 is 1.56 bits per heavy atom. The number of hydrogen-bond acceptors (Lipinski definition) is 4. The van der Waals surface area contributed by atoms with Gasteiger partial charge < -0.3 is 14.5 Å². The van der Waals surface area contributed by atoms with Crippen LogP contribution in [0.3, 0.4) is 0 Å². The predicted molar refractivity (Wildman–Crippen MR) is 136 cm³/mol. The SMILES string of the molecule is Cc1cc(C)c(Oc2nc(C)cc(N(CCN3CCCC3)CCC(C)(C)C)c2C)c(C)c1. The molecule has 0 N–H and O–H groups in total. The second-order valence-corrected chi connectivity index (χ2v) is 10.9. The Kier molecular flexibility index (Phi) is 7.87. The first kappa shape index (κ1) is 24.6. The molecule has 4 nitrogen and oxygen atoms in total. The second kappa shape index (κ2) is 10.2. The third kappa shape index (κ3) is 6.48. The zero-order valence-corrected chi connectivity index (χ0v) is 21.6. The number of pyridine rings is 1. The van der Waals surface area contributed by atoms with Gasteiger partial charge in [-0.3, -0.25) is 0 Å². The Bertz CT molecular complexity index is 900. The maximum Gasteiger partial charge on any atom is 0.224 e. The lowest BCUT2D eigenvalue weighted by Crippen LogP contribution is -2.36. The highest BCUT2D eigenvalue weighted by Crippen LogP contribution is 2.35. The molecule has 1 aliphatic heterocycles. The van der Waals surface area contributed by atoms with Crippen molar-refractivity contribution in [3.8, 4) is 11.6 Å². The fraction of sp³-hybridized carbons (Fsp3) is 0.607. The number of nitrogens with zero attached hydrogens (tertiary/aromatic N) is 3. The number of benzene rings is 1. The van der Waals surface area contributed by atoms with Crippen molar-refractivity contribution in [2.24, 2.45) is 5.41 Å². The molecule has 0 amide bonds. The van der Waals surface area contributed by atoms with Crippen molar-refractivity contribution in [2.75, 3.05) is 37.6 Å². The zero-order valence-electron chi connectivity index (χ0n) is 21.6. The third-order valence-corrected chi connectivity index (χ3v) is 6.49. The molecule has 0 bridgehead atoms. The van der Waals surface area contributed by atoms with E-state index in [4.69, 9.17) is 9.72 Å². The molecule has 2 heterocycles. The van der Waals surface area contributed by atoms with Gasteiger partial charge in [-0.1, -0.05) is 38.5 Å². The Hall–Kier alpha value is -2.07. The monoisotopic (exact) mass is 437 g/mol. The molecule has 0 atom stereocenters. The quantitative estimate of drug-likeness (QED) is 0.456. The van der Waals surface area contributed by atoms with Crippen LogP contribution in [-0.4, -0.2) is 42.6 Å². The van der Waals surface area contributed by atoms with E-state index in [1.165, 1.54) is 37.2 Å². The van der Waals surface area contributed by atoms with E-state index in [9.17, 15) is 0 Å². The molecule has 1 aromatic heterocycles. The van der Waals surface area contributed by atoms with E-state index in [1.54, 1.807) is 0 Å². The average molecular weight is 438 g/mol. The van der Waals surface area contributed by atoms with Gasteiger partial charge in [-0.2, -0.15) is 0 Å². The van der Waals surface area contributed by atoms with Gasteiger partial charge in [0.2, 0.25) is 5.88 Å². The van der Waals surface area contributed by atoms with Gasteiger partial charge in [-0.25, -0.2) is 4.98 Å². The van der Waals surface area contributed by atoms with Crippen molar-refractivity contribution in [3.05, 3.63) is 46.1 Å². The van der Waals surface area contributed by atoms with Gasteiger partial charge in [0.25, 0.3) is 0 Å². The summed E-state index contributed by atoms with van der Waals surface area (Å²) in [4.78, 5) is 9.97. The van der Waals surface area contributed by atoms with Crippen LogP contribution in [0.25, 0.3) is 0 Å². The molecule has 176 valence electrons. The summed E-state index contributed by atoms with van der Waals surface area (Å²) in [6.07, 6.45) is 3.82. The first-order valence-corrected chi connectivity index (χ1v) is 12.2. The minimum atomic E-state index is 0.303. The molecular weight excluding hydrogens is 394 g/mol. The van der Waals surface area contributed by atoms with Crippen LogP contribution in [0.1, 0.15) is 68.0 Å². The summed E-state index contributed by atoms with van der Waals surface area (Å²) in [5.74, 6) is 1.66. The van der Waals surface area contributed by atoms with E-state index in [0.717, 1.165) is 60.1 Å². The van der Waals surface area contributed by atoms with Crippen LogP contribution in [0.5, 0.6) is 11.6 Å². The minimum absolute atomic E-state index is 0.303. The highest BCUT2D eigenvalue weighted by Gasteiger charge is 2.21. The first-order valence-electron chi connectivity index (χ1n) is 12.2. The summed E-state index contributed by atoms with van der Waals surface area (Å²) >= 11 is 0. The van der Waals surface area contributed by atoms with Gasteiger partial charge in [-0.15, -0.1) is 0 Å². The van der Waals surface area contributed by atoms with Crippen molar-refractivity contribution < 1.29 is 4.74 Å². The first-order chi connectivity index (χ1) is 15.0. The Morgan fingerprint density at radius 1 is 0.938 bits per heavy atom. The van der Waals surface area contributed by atoms with Crippen molar-refractivity contribution in [1.29, 1.82) is 0 Å². The Balaban J connectivity index is 1.91. The van der Waals surface area contributed by atoms with E-state index < -0.39 is 0 Å². The molecule has 1 aromatic carbocycles. The van der Waals surface area contributed by atoms with Gasteiger partial charge in [0, 0.05) is 36.6 Å². The summed E-state index contributed by atoms with van der Waals surface area (Å²) < 4.78 is 6.47. The molecule has 0 spiro atoms. The average Bonchev–Trinajstić information content (AvgIpc) is 3.20. The predicted octanol–water partition coefficient (Wildman–Crippen LogP) is 6.75. The van der Waals surface area contributed by atoms with Crippen LogP contribution in [0.4, 0.5) is 5.69 Å². The summed E-state index contributed by atoms with van der Waals surface area (Å²) in [5.41, 5.74) is 7.28. The molecule has 2 aromatic rings. The lowest BCUT2D eigenvalue weighted by Gasteiger charge is -2.32. The second-order valence-electron chi connectivity index (χ2n) is 10.9. The lowest BCUT2D eigenvalue weighted by atomic mass is 9.92. The van der Waals surface area contributed by atoms with Crippen LogP contribution in [0, 0.1) is 40.0 Å². The van der Waals surface area contributed by atoms with Crippen molar-refractivity contribution in [3.63, 3.8) is 0 Å². The van der Waals surface area contributed by atoms with Crippen molar-refractivity contribution in [2.45, 2.75) is 74.7 Å². The van der Waals surface area contributed by atoms with Crippen LogP contribution >= 0.6 is 0 Å². The molecule has 3 rings (SSSR count). The highest BCUT2D eigenvalue weighted by molar-refractivity contribution is 5.59. The van der Waals surface area contributed by atoms with E-state index in [-0.39, 0.29) is 0 Å². The number of likely N-dealkylation sites (tertiary alicyclic amines) is 1. The van der Waals surface area contributed by atoms with E-state index in [1.807, 2.05) is 0 Å². The summed E-state index contributed by atoms with van der Waals surface area (Å²) in [7, 11) is 0. The molecule has 0 radical (unpaired) electrons. The number of ether oxygens (including phenoxy) is 1. The number of hydrogen-bond donors (Lipinski definition) is 0. The number of anilines is 1. The van der Waals surface area contributed by atoms with Crippen LogP contribution < -0.4 is 9.64 Å². The molecule has 32 heavy (non-hydrogen) atoms. The van der Waals surface area contributed by atoms with Crippen molar-refractivity contribution in [1.82, 2.24) is 9.88 Å². The van der Waals surface area contributed by atoms with Gasteiger partial charge in [0.1, 0.15) is 5.75 Å². The van der Waals surface area contributed by atoms with Crippen LogP contribution in [0.2, 0.25) is 0 Å².